The van der Waals surface area contributed by atoms with Gasteiger partial charge in [-0.25, -0.2) is 4.98 Å². The van der Waals surface area contributed by atoms with E-state index in [9.17, 15) is 14.7 Å². The van der Waals surface area contributed by atoms with Gasteiger partial charge in [0.05, 0.1) is 54.1 Å². The summed E-state index contributed by atoms with van der Waals surface area (Å²) >= 11 is 0. The number of rotatable bonds is 16. The Morgan fingerprint density at radius 2 is 1.48 bits per heavy atom. The number of ether oxygens (including phenoxy) is 2. The van der Waals surface area contributed by atoms with Gasteiger partial charge in [0.2, 0.25) is 11.8 Å². The van der Waals surface area contributed by atoms with Gasteiger partial charge in [-0.2, -0.15) is 0 Å². The second-order valence-corrected chi connectivity index (χ2v) is 14.4. The third-order valence-corrected chi connectivity index (χ3v) is 10.3. The quantitative estimate of drug-likeness (QED) is 0.0574. The molecule has 0 bridgehead atoms. The van der Waals surface area contributed by atoms with Crippen LogP contribution in [0.5, 0.6) is 0 Å². The lowest BCUT2D eigenvalue weighted by atomic mass is 9.99. The number of aliphatic hydroxyl groups is 1. The zero-order valence-corrected chi connectivity index (χ0v) is 31.5. The number of amides is 2. The molecule has 2 amide bonds. The van der Waals surface area contributed by atoms with Crippen molar-refractivity contribution in [2.24, 2.45) is 0 Å². The van der Waals surface area contributed by atoms with Crippen molar-refractivity contribution in [3.8, 4) is 11.1 Å². The molecule has 288 valence electrons. The van der Waals surface area contributed by atoms with E-state index in [1.807, 2.05) is 73.1 Å². The summed E-state index contributed by atoms with van der Waals surface area (Å²) in [4.78, 5) is 29.4. The Kier molecular flexibility index (Phi) is 12.8. The topological polar surface area (TPSA) is 141 Å². The Balaban J connectivity index is 0.910. The molecule has 2 heterocycles. The van der Waals surface area contributed by atoms with Gasteiger partial charge in [0, 0.05) is 31.4 Å². The number of hydrogen-bond acceptors (Lipinski definition) is 7. The zero-order chi connectivity index (χ0) is 38.7. The summed E-state index contributed by atoms with van der Waals surface area (Å²) in [5, 5.41) is 15.5. The van der Waals surface area contributed by atoms with Gasteiger partial charge in [-0.3, -0.25) is 9.59 Å². The summed E-state index contributed by atoms with van der Waals surface area (Å²) < 4.78 is 15.4. The van der Waals surface area contributed by atoms with Gasteiger partial charge < -0.3 is 35.5 Å². The normalized spacial score (nSPS) is 16.8. The number of fused-ring (bicyclic) bond motifs is 1. The molecule has 1 saturated heterocycles. The molecule has 7 rings (SSSR count). The third kappa shape index (κ3) is 10.1. The number of aliphatic hydroxyl groups excluding tert-OH is 1. The minimum Gasteiger partial charge on any atom is -0.397 e. The fourth-order valence-electron chi connectivity index (χ4n) is 7.14. The summed E-state index contributed by atoms with van der Waals surface area (Å²) in [5.74, 6) is -0.0293. The smallest absolute Gasteiger partial charge is 0.224 e. The van der Waals surface area contributed by atoms with Crippen LogP contribution in [0.1, 0.15) is 79.6 Å². The summed E-state index contributed by atoms with van der Waals surface area (Å²) in [7, 11) is 0. The van der Waals surface area contributed by atoms with Gasteiger partial charge in [0.25, 0.3) is 0 Å². The van der Waals surface area contributed by atoms with Gasteiger partial charge >= 0.3 is 0 Å². The Labute approximate surface area is 327 Å². The molecule has 1 fully saturated rings. The van der Waals surface area contributed by atoms with Crippen LogP contribution < -0.4 is 16.4 Å². The maximum absolute atomic E-state index is 12.6. The molecule has 5 aromatic carbocycles. The number of benzene rings is 5. The second kappa shape index (κ2) is 18.7. The lowest BCUT2D eigenvalue weighted by Gasteiger charge is -2.36. The van der Waals surface area contributed by atoms with Crippen LogP contribution in [-0.2, 0) is 38.8 Å². The van der Waals surface area contributed by atoms with E-state index in [0.717, 1.165) is 70.1 Å². The van der Waals surface area contributed by atoms with Crippen LogP contribution in [0.3, 0.4) is 0 Å². The van der Waals surface area contributed by atoms with Crippen LogP contribution in [-0.4, -0.2) is 32.6 Å². The summed E-state index contributed by atoms with van der Waals surface area (Å²) in [6.45, 7) is 1.08. The first kappa shape index (κ1) is 38.5. The van der Waals surface area contributed by atoms with Crippen molar-refractivity contribution >= 4 is 34.2 Å². The number of nitrogens with zero attached hydrogens (tertiary/aromatic N) is 2. The summed E-state index contributed by atoms with van der Waals surface area (Å²) in [6.07, 6.45) is 5.85. The number of anilines is 2. The van der Waals surface area contributed by atoms with Crippen LogP contribution in [0.2, 0.25) is 0 Å². The Morgan fingerprint density at radius 1 is 0.750 bits per heavy atom. The molecule has 1 aromatic heterocycles. The number of carbonyl (C=O) groups excluding carboxylic acids is 2. The molecule has 0 unspecified atom stereocenters. The number of hydrogen-bond donors (Lipinski definition) is 4. The van der Waals surface area contributed by atoms with Crippen molar-refractivity contribution in [1.29, 1.82) is 0 Å². The highest BCUT2D eigenvalue weighted by molar-refractivity contribution is 5.93. The maximum atomic E-state index is 12.6. The van der Waals surface area contributed by atoms with Crippen molar-refractivity contribution in [3.05, 3.63) is 150 Å². The molecule has 10 heteroatoms. The van der Waals surface area contributed by atoms with E-state index < -0.39 is 6.29 Å². The van der Waals surface area contributed by atoms with E-state index in [2.05, 4.69) is 62.6 Å². The highest BCUT2D eigenvalue weighted by atomic mass is 16.7. The Morgan fingerprint density at radius 3 is 2.27 bits per heavy atom. The zero-order valence-electron chi connectivity index (χ0n) is 31.5. The molecule has 10 nitrogen and oxygen atoms in total. The van der Waals surface area contributed by atoms with Crippen LogP contribution in [0.25, 0.3) is 22.2 Å². The van der Waals surface area contributed by atoms with E-state index in [4.69, 9.17) is 15.2 Å². The average molecular weight is 752 g/mol. The molecule has 5 N–H and O–H groups in total. The van der Waals surface area contributed by atoms with Crippen molar-refractivity contribution < 1.29 is 24.2 Å². The van der Waals surface area contributed by atoms with Crippen LogP contribution in [0, 0.1) is 0 Å². The highest BCUT2D eigenvalue weighted by Crippen LogP contribution is 2.39. The van der Waals surface area contributed by atoms with E-state index >= 15 is 0 Å². The Hall–Kier alpha value is -5.81. The molecular weight excluding hydrogens is 703 g/mol. The molecule has 0 saturated carbocycles. The van der Waals surface area contributed by atoms with E-state index in [1.165, 1.54) is 0 Å². The van der Waals surface area contributed by atoms with Gasteiger partial charge in [-0.15, -0.1) is 0 Å². The minimum atomic E-state index is -0.569. The first-order chi connectivity index (χ1) is 27.4. The van der Waals surface area contributed by atoms with Crippen LogP contribution in [0.4, 0.5) is 11.4 Å². The molecule has 0 spiro atoms. The molecule has 0 aliphatic carbocycles. The number of para-hydroxylation sites is 4. The monoisotopic (exact) mass is 751 g/mol. The molecule has 3 atom stereocenters. The molecule has 1 aliphatic rings. The van der Waals surface area contributed by atoms with Crippen molar-refractivity contribution in [3.63, 3.8) is 0 Å². The van der Waals surface area contributed by atoms with Crippen LogP contribution in [0.15, 0.2) is 128 Å². The van der Waals surface area contributed by atoms with Gasteiger partial charge in [-0.1, -0.05) is 104 Å². The van der Waals surface area contributed by atoms with Crippen molar-refractivity contribution in [2.45, 2.75) is 83.1 Å². The molecule has 56 heavy (non-hydrogen) atoms. The first-order valence-electron chi connectivity index (χ1n) is 19.4. The van der Waals surface area contributed by atoms with Gasteiger partial charge in [0.1, 0.15) is 0 Å². The highest BCUT2D eigenvalue weighted by Gasteiger charge is 2.32. The fourth-order valence-corrected chi connectivity index (χ4v) is 7.14. The molecule has 1 aliphatic heterocycles. The second-order valence-electron chi connectivity index (χ2n) is 14.4. The number of aromatic nitrogens is 2. The Bertz CT molecular complexity index is 2220. The van der Waals surface area contributed by atoms with E-state index in [-0.39, 0.29) is 30.6 Å². The first-order valence-corrected chi connectivity index (χ1v) is 19.4. The number of imidazole rings is 1. The minimum absolute atomic E-state index is 0.00401. The predicted molar refractivity (Wildman–Crippen MR) is 219 cm³/mol. The van der Waals surface area contributed by atoms with Gasteiger partial charge in [0.15, 0.2) is 6.29 Å². The number of nitrogens with two attached hydrogens (primary N) is 1. The van der Waals surface area contributed by atoms with E-state index in [0.29, 0.717) is 43.7 Å². The van der Waals surface area contributed by atoms with E-state index in [1.54, 1.807) is 12.1 Å². The number of carbonyl (C=O) groups is 2. The fraction of sp³-hybridized carbons (Fsp3) is 0.283. The van der Waals surface area contributed by atoms with Crippen molar-refractivity contribution in [1.82, 2.24) is 14.9 Å². The predicted octanol–water partition coefficient (Wildman–Crippen LogP) is 8.62. The van der Waals surface area contributed by atoms with Crippen molar-refractivity contribution in [2.75, 3.05) is 11.1 Å². The molecule has 0 radical (unpaired) electrons. The standard InChI is InChI=1S/C46H49N5O5/c47-39-12-5-6-13-40(39)50-45(54)17-4-2-1-3-16-44(53)48-28-33-10-9-11-37(26-33)34-22-24-36(25-23-34)46-55-38(29-51-31-49-41-14-7-8-15-42(41)51)27-43(56-46)35-20-18-32(30-52)19-21-35/h5-15,18-26,31,38,43,46,52H,1-4,16-17,27-30,47H2,(H,48,53)(H,50,54)/t38-,43+,46+/m1/s1. The number of unbranched alkanes of at least 4 members (excludes halogenated alkanes) is 3. The largest absolute Gasteiger partial charge is 0.397 e. The lowest BCUT2D eigenvalue weighted by Crippen LogP contribution is -2.32. The number of nitrogen functional groups attached to an aromatic ring is 1. The SMILES string of the molecule is Nc1ccccc1NC(=O)CCCCCCC(=O)NCc1cccc(-c2ccc([C@H]3O[C@@H](Cn4cnc5ccccc54)C[C@@H](c4ccc(CO)cc4)O3)cc2)c1. The number of nitrogens with one attached hydrogen (secondary N) is 2. The summed E-state index contributed by atoms with van der Waals surface area (Å²) in [5.41, 5.74) is 15.1. The maximum Gasteiger partial charge on any atom is 0.224 e. The van der Waals surface area contributed by atoms with Gasteiger partial charge in [-0.05, 0) is 71.0 Å². The summed E-state index contributed by atoms with van der Waals surface area (Å²) in [6, 6.07) is 39.7. The lowest BCUT2D eigenvalue weighted by molar-refractivity contribution is -0.252. The van der Waals surface area contributed by atoms with Crippen LogP contribution >= 0.6 is 0 Å². The average Bonchev–Trinajstić information content (AvgIpc) is 3.64. The molecule has 6 aromatic rings. The third-order valence-electron chi connectivity index (χ3n) is 10.3. The molecular formula is C46H49N5O5.